The molecule has 1 aliphatic heterocycles. The quantitative estimate of drug-likeness (QED) is 0.924. The molecule has 0 radical (unpaired) electrons. The van der Waals surface area contributed by atoms with Crippen LogP contribution in [0, 0.1) is 0 Å². The number of nitrogens with zero attached hydrogens (tertiary/aromatic N) is 4. The molecule has 0 unspecified atom stereocenters. The number of likely N-dealkylation sites (tertiary alicyclic amines) is 1. The Hall–Kier alpha value is -2.11. The van der Waals surface area contributed by atoms with E-state index in [2.05, 4.69) is 9.97 Å². The number of aromatic nitrogens is 3. The van der Waals surface area contributed by atoms with Crippen LogP contribution in [0.2, 0.25) is 0 Å². The summed E-state index contributed by atoms with van der Waals surface area (Å²) in [6.45, 7) is 4.39. The zero-order valence-corrected chi connectivity index (χ0v) is 13.1. The van der Waals surface area contributed by atoms with Gasteiger partial charge in [0.15, 0.2) is 5.65 Å². The highest BCUT2D eigenvalue weighted by atomic mass is 16.2. The Morgan fingerprint density at radius 2 is 1.91 bits per heavy atom. The first-order valence-corrected chi connectivity index (χ1v) is 8.11. The van der Waals surface area contributed by atoms with Crippen LogP contribution in [0.5, 0.6) is 0 Å². The molecule has 2 N–H and O–H groups in total. The molecule has 0 atom stereocenters. The molecule has 3 rings (SSSR count). The first-order valence-electron chi connectivity index (χ1n) is 8.11. The number of carbonyl (C=O) groups excluding carboxylic acids is 1. The van der Waals surface area contributed by atoms with E-state index in [1.54, 1.807) is 6.20 Å². The monoisotopic (exact) mass is 301 g/mol. The van der Waals surface area contributed by atoms with Crippen LogP contribution in [0.15, 0.2) is 12.3 Å². The summed E-state index contributed by atoms with van der Waals surface area (Å²) < 4.78 is 1.85. The molecule has 0 spiro atoms. The van der Waals surface area contributed by atoms with Crippen molar-refractivity contribution in [2.45, 2.75) is 45.6 Å². The predicted molar refractivity (Wildman–Crippen MR) is 86.6 cm³/mol. The van der Waals surface area contributed by atoms with Gasteiger partial charge in [-0.2, -0.15) is 0 Å². The summed E-state index contributed by atoms with van der Waals surface area (Å²) >= 11 is 0. The molecule has 118 valence electrons. The summed E-state index contributed by atoms with van der Waals surface area (Å²) in [6.07, 6.45) is 7.51. The number of fused-ring (bicyclic) bond motifs is 1. The highest BCUT2D eigenvalue weighted by Gasteiger charge is 2.18. The number of imidazole rings is 1. The molecule has 2 aromatic heterocycles. The van der Waals surface area contributed by atoms with Gasteiger partial charge in [0.2, 0.25) is 5.95 Å². The van der Waals surface area contributed by atoms with E-state index in [4.69, 9.17) is 5.73 Å². The van der Waals surface area contributed by atoms with Gasteiger partial charge in [-0.05, 0) is 25.8 Å². The number of anilines is 1. The van der Waals surface area contributed by atoms with Gasteiger partial charge in [-0.3, -0.25) is 9.36 Å². The smallest absolute Gasteiger partial charge is 0.255 e. The maximum absolute atomic E-state index is 12.7. The fourth-order valence-electron chi connectivity index (χ4n) is 3.09. The summed E-state index contributed by atoms with van der Waals surface area (Å²) in [5.41, 5.74) is 7.92. The van der Waals surface area contributed by atoms with Crippen LogP contribution in [0.1, 0.15) is 49.4 Å². The molecule has 2 aromatic rings. The van der Waals surface area contributed by atoms with Crippen molar-refractivity contribution >= 4 is 23.0 Å². The zero-order chi connectivity index (χ0) is 15.5. The normalized spacial score (nSPS) is 16.5. The molecule has 22 heavy (non-hydrogen) atoms. The van der Waals surface area contributed by atoms with Crippen LogP contribution in [0.25, 0.3) is 11.2 Å². The summed E-state index contributed by atoms with van der Waals surface area (Å²) in [6, 6.07) is 1.81. The van der Waals surface area contributed by atoms with E-state index in [-0.39, 0.29) is 5.91 Å². The van der Waals surface area contributed by atoms with Crippen LogP contribution in [0.3, 0.4) is 0 Å². The van der Waals surface area contributed by atoms with Crippen LogP contribution >= 0.6 is 0 Å². The average molecular weight is 301 g/mol. The molecule has 1 fully saturated rings. The fourth-order valence-corrected chi connectivity index (χ4v) is 3.09. The molecule has 0 aliphatic carbocycles. The maximum Gasteiger partial charge on any atom is 0.255 e. The van der Waals surface area contributed by atoms with Crippen molar-refractivity contribution in [1.29, 1.82) is 0 Å². The first kappa shape index (κ1) is 14.8. The third-order valence-electron chi connectivity index (χ3n) is 4.32. The third-order valence-corrected chi connectivity index (χ3v) is 4.32. The van der Waals surface area contributed by atoms with E-state index in [0.29, 0.717) is 17.0 Å². The molecule has 3 heterocycles. The number of nitrogen functional groups attached to an aromatic ring is 1. The van der Waals surface area contributed by atoms with Gasteiger partial charge in [0.25, 0.3) is 5.91 Å². The Labute approximate surface area is 130 Å². The van der Waals surface area contributed by atoms with Crippen molar-refractivity contribution < 1.29 is 4.79 Å². The van der Waals surface area contributed by atoms with Crippen molar-refractivity contribution in [3.63, 3.8) is 0 Å². The van der Waals surface area contributed by atoms with Crippen molar-refractivity contribution in [2.24, 2.45) is 0 Å². The molecule has 6 nitrogen and oxygen atoms in total. The number of rotatable bonds is 2. The second-order valence-corrected chi connectivity index (χ2v) is 5.84. The molecule has 1 saturated heterocycles. The van der Waals surface area contributed by atoms with Crippen LogP contribution in [0.4, 0.5) is 5.95 Å². The average Bonchev–Trinajstić information content (AvgIpc) is 2.80. The number of hydrogen-bond donors (Lipinski definition) is 1. The second-order valence-electron chi connectivity index (χ2n) is 5.84. The van der Waals surface area contributed by atoms with E-state index < -0.39 is 0 Å². The summed E-state index contributed by atoms with van der Waals surface area (Å²) in [7, 11) is 0. The summed E-state index contributed by atoms with van der Waals surface area (Å²) in [5, 5.41) is 0. The van der Waals surface area contributed by atoms with Crippen molar-refractivity contribution in [1.82, 2.24) is 19.4 Å². The van der Waals surface area contributed by atoms with Crippen molar-refractivity contribution in [2.75, 3.05) is 18.8 Å². The Bertz CT molecular complexity index is 670. The lowest BCUT2D eigenvalue weighted by molar-refractivity contribution is 0.0742. The standard InChI is InChI=1S/C16H23N5O/c1-2-21-14-13(19-16(21)17)10-12(11-18-14)15(22)20-8-6-4-3-5-7-9-20/h10-11H,2-9H2,1H3,(H2,17,19). The Balaban J connectivity index is 1.87. The lowest BCUT2D eigenvalue weighted by Crippen LogP contribution is -2.33. The highest BCUT2D eigenvalue weighted by molar-refractivity contribution is 5.96. The van der Waals surface area contributed by atoms with E-state index in [1.807, 2.05) is 22.5 Å². The number of amides is 1. The topological polar surface area (TPSA) is 77.0 Å². The minimum atomic E-state index is 0.0564. The molecule has 0 bridgehead atoms. The van der Waals surface area contributed by atoms with Gasteiger partial charge in [0.05, 0.1) is 5.56 Å². The van der Waals surface area contributed by atoms with E-state index in [9.17, 15) is 4.79 Å². The number of hydrogen-bond acceptors (Lipinski definition) is 4. The van der Waals surface area contributed by atoms with Gasteiger partial charge >= 0.3 is 0 Å². The first-order chi connectivity index (χ1) is 10.7. The number of nitrogens with two attached hydrogens (primary N) is 1. The molecular formula is C16H23N5O. The predicted octanol–water partition coefficient (Wildman–Crippen LogP) is 2.44. The Kier molecular flexibility index (Phi) is 4.27. The summed E-state index contributed by atoms with van der Waals surface area (Å²) in [5.74, 6) is 0.502. The third kappa shape index (κ3) is 2.77. The molecule has 1 aliphatic rings. The SMILES string of the molecule is CCn1c(N)nc2cc(C(=O)N3CCCCCCC3)cnc21. The second kappa shape index (κ2) is 6.34. The van der Waals surface area contributed by atoms with Crippen molar-refractivity contribution in [3.05, 3.63) is 17.8 Å². The van der Waals surface area contributed by atoms with Crippen LogP contribution < -0.4 is 5.73 Å². The zero-order valence-electron chi connectivity index (χ0n) is 13.1. The highest BCUT2D eigenvalue weighted by Crippen LogP contribution is 2.19. The minimum absolute atomic E-state index is 0.0564. The molecule has 0 aromatic carbocycles. The lowest BCUT2D eigenvalue weighted by atomic mass is 10.1. The number of aryl methyl sites for hydroxylation is 1. The van der Waals surface area contributed by atoms with Crippen LogP contribution in [-0.2, 0) is 6.54 Å². The van der Waals surface area contributed by atoms with Gasteiger partial charge in [-0.1, -0.05) is 19.3 Å². The van der Waals surface area contributed by atoms with Crippen LogP contribution in [-0.4, -0.2) is 38.4 Å². The number of pyridine rings is 1. The van der Waals surface area contributed by atoms with Gasteiger partial charge in [0, 0.05) is 25.8 Å². The largest absolute Gasteiger partial charge is 0.369 e. The molecule has 0 saturated carbocycles. The van der Waals surface area contributed by atoms with E-state index >= 15 is 0 Å². The molecule has 6 heteroatoms. The minimum Gasteiger partial charge on any atom is -0.369 e. The number of carbonyl (C=O) groups is 1. The Morgan fingerprint density at radius 3 is 2.59 bits per heavy atom. The van der Waals surface area contributed by atoms with E-state index in [1.165, 1.54) is 19.3 Å². The van der Waals surface area contributed by atoms with Gasteiger partial charge in [-0.25, -0.2) is 9.97 Å². The van der Waals surface area contributed by atoms with Gasteiger partial charge in [0.1, 0.15) is 5.52 Å². The van der Waals surface area contributed by atoms with Gasteiger partial charge < -0.3 is 10.6 Å². The Morgan fingerprint density at radius 1 is 1.23 bits per heavy atom. The molecule has 1 amide bonds. The molecular weight excluding hydrogens is 278 g/mol. The maximum atomic E-state index is 12.7. The fraction of sp³-hybridized carbons (Fsp3) is 0.562. The van der Waals surface area contributed by atoms with E-state index in [0.717, 1.165) is 38.1 Å². The lowest BCUT2D eigenvalue weighted by Gasteiger charge is -2.24. The van der Waals surface area contributed by atoms with Crippen molar-refractivity contribution in [3.8, 4) is 0 Å². The van der Waals surface area contributed by atoms with Gasteiger partial charge in [-0.15, -0.1) is 0 Å². The summed E-state index contributed by atoms with van der Waals surface area (Å²) in [4.78, 5) is 23.4.